The molecular weight excluding hydrogens is 293 g/mol. The number of rotatable bonds is 2. The molecule has 0 aliphatic rings. The Morgan fingerprint density at radius 3 is 2.88 bits per heavy atom. The molecule has 0 spiro atoms. The van der Waals surface area contributed by atoms with Gasteiger partial charge in [0.2, 0.25) is 0 Å². The number of hydrogen-bond acceptors (Lipinski definition) is 2. The van der Waals surface area contributed by atoms with Gasteiger partial charge in [-0.15, -0.1) is 0 Å². The summed E-state index contributed by atoms with van der Waals surface area (Å²) in [5.74, 6) is -0.239. The van der Waals surface area contributed by atoms with Crippen LogP contribution in [0.1, 0.15) is 10.4 Å². The van der Waals surface area contributed by atoms with Crippen LogP contribution in [-0.4, -0.2) is 5.91 Å². The zero-order chi connectivity index (χ0) is 11.5. The quantitative estimate of drug-likeness (QED) is 0.912. The molecule has 0 saturated heterocycles. The fraction of sp³-hybridized carbons (Fsp3) is 0. The van der Waals surface area contributed by atoms with E-state index in [1.807, 2.05) is 0 Å². The highest BCUT2D eigenvalue weighted by molar-refractivity contribution is 9.10. The van der Waals surface area contributed by atoms with Gasteiger partial charge in [-0.3, -0.25) is 4.79 Å². The Kier molecular flexibility index (Phi) is 3.31. The van der Waals surface area contributed by atoms with Crippen molar-refractivity contribution in [3.63, 3.8) is 0 Å². The number of benzene rings is 1. The van der Waals surface area contributed by atoms with Gasteiger partial charge in [0.1, 0.15) is 6.26 Å². The van der Waals surface area contributed by atoms with Crippen LogP contribution < -0.4 is 5.32 Å². The van der Waals surface area contributed by atoms with Crippen LogP contribution in [0.15, 0.2) is 45.7 Å². The smallest absolute Gasteiger partial charge is 0.258 e. The lowest BCUT2D eigenvalue weighted by atomic mass is 10.3. The Hall–Kier alpha value is -1.26. The standard InChI is InChI=1S/C11H7BrClNO2/c12-9-2-1-8(13)5-10(9)14-11(15)7-3-4-16-6-7/h1-6H,(H,14,15). The second-order valence-electron chi connectivity index (χ2n) is 3.09. The van der Waals surface area contributed by atoms with Crippen molar-refractivity contribution in [2.45, 2.75) is 0 Å². The lowest BCUT2D eigenvalue weighted by Crippen LogP contribution is -2.11. The third kappa shape index (κ3) is 2.46. The number of nitrogens with one attached hydrogen (secondary N) is 1. The Balaban J connectivity index is 2.21. The SMILES string of the molecule is O=C(Nc1cc(Cl)ccc1Br)c1ccoc1. The van der Waals surface area contributed by atoms with E-state index in [0.717, 1.165) is 4.47 Å². The van der Waals surface area contributed by atoms with Crippen molar-refractivity contribution < 1.29 is 9.21 Å². The molecule has 1 heterocycles. The van der Waals surface area contributed by atoms with Gasteiger partial charge >= 0.3 is 0 Å². The highest BCUT2D eigenvalue weighted by atomic mass is 79.9. The van der Waals surface area contributed by atoms with Crippen molar-refractivity contribution in [2.75, 3.05) is 5.32 Å². The van der Waals surface area contributed by atoms with Gasteiger partial charge in [0, 0.05) is 9.50 Å². The van der Waals surface area contributed by atoms with E-state index in [-0.39, 0.29) is 5.91 Å². The Labute approximate surface area is 106 Å². The van der Waals surface area contributed by atoms with Crippen molar-refractivity contribution >= 4 is 39.1 Å². The first-order valence-corrected chi connectivity index (χ1v) is 5.62. The number of hydrogen-bond donors (Lipinski definition) is 1. The number of anilines is 1. The van der Waals surface area contributed by atoms with Crippen LogP contribution in [0.5, 0.6) is 0 Å². The summed E-state index contributed by atoms with van der Waals surface area (Å²) < 4.78 is 5.60. The maximum absolute atomic E-state index is 11.7. The van der Waals surface area contributed by atoms with Gasteiger partial charge < -0.3 is 9.73 Å². The Bertz CT molecular complexity index is 511. The fourth-order valence-corrected chi connectivity index (χ4v) is 1.70. The summed E-state index contributed by atoms with van der Waals surface area (Å²) in [7, 11) is 0. The van der Waals surface area contributed by atoms with Crippen LogP contribution in [0.3, 0.4) is 0 Å². The van der Waals surface area contributed by atoms with Crippen LogP contribution in [0.2, 0.25) is 5.02 Å². The lowest BCUT2D eigenvalue weighted by Gasteiger charge is -2.06. The first kappa shape index (κ1) is 11.2. The molecule has 82 valence electrons. The van der Waals surface area contributed by atoms with E-state index in [1.165, 1.54) is 12.5 Å². The van der Waals surface area contributed by atoms with Crippen molar-refractivity contribution in [1.82, 2.24) is 0 Å². The van der Waals surface area contributed by atoms with Gasteiger partial charge in [-0.25, -0.2) is 0 Å². The second-order valence-corrected chi connectivity index (χ2v) is 4.38. The Morgan fingerprint density at radius 2 is 2.19 bits per heavy atom. The van der Waals surface area contributed by atoms with Gasteiger partial charge in [-0.2, -0.15) is 0 Å². The molecule has 1 aromatic carbocycles. The van der Waals surface area contributed by atoms with E-state index in [4.69, 9.17) is 16.0 Å². The summed E-state index contributed by atoms with van der Waals surface area (Å²) in [5, 5.41) is 3.28. The second kappa shape index (κ2) is 4.72. The third-order valence-corrected chi connectivity index (χ3v) is 2.89. The van der Waals surface area contributed by atoms with Crippen LogP contribution in [0.4, 0.5) is 5.69 Å². The molecule has 0 bridgehead atoms. The molecule has 1 aromatic heterocycles. The molecule has 3 nitrogen and oxygen atoms in total. The summed E-state index contributed by atoms with van der Waals surface area (Å²) in [6.07, 6.45) is 2.83. The third-order valence-electron chi connectivity index (χ3n) is 1.96. The molecule has 0 fully saturated rings. The van der Waals surface area contributed by atoms with Crippen molar-refractivity contribution in [3.05, 3.63) is 51.9 Å². The molecule has 0 radical (unpaired) electrons. The van der Waals surface area contributed by atoms with Gasteiger partial charge in [0.15, 0.2) is 0 Å². The number of carbonyl (C=O) groups is 1. The molecule has 5 heteroatoms. The number of furan rings is 1. The normalized spacial score (nSPS) is 10.1. The van der Waals surface area contributed by atoms with Gasteiger partial charge in [0.05, 0.1) is 17.5 Å². The average Bonchev–Trinajstić information content (AvgIpc) is 2.76. The Morgan fingerprint density at radius 1 is 1.38 bits per heavy atom. The highest BCUT2D eigenvalue weighted by Gasteiger charge is 2.09. The van der Waals surface area contributed by atoms with E-state index >= 15 is 0 Å². The molecular formula is C11H7BrClNO2. The molecule has 2 rings (SSSR count). The number of carbonyl (C=O) groups excluding carboxylic acids is 1. The number of amides is 1. The molecule has 1 amide bonds. The van der Waals surface area contributed by atoms with Crippen molar-refractivity contribution in [2.24, 2.45) is 0 Å². The van der Waals surface area contributed by atoms with E-state index in [2.05, 4.69) is 21.2 Å². The molecule has 16 heavy (non-hydrogen) atoms. The lowest BCUT2D eigenvalue weighted by molar-refractivity contribution is 0.102. The van der Waals surface area contributed by atoms with Crippen LogP contribution in [0, 0.1) is 0 Å². The number of halogens is 2. The first-order chi connectivity index (χ1) is 7.66. The fourth-order valence-electron chi connectivity index (χ4n) is 1.18. The summed E-state index contributed by atoms with van der Waals surface area (Å²) in [6.45, 7) is 0. The molecule has 0 unspecified atom stereocenters. The maximum Gasteiger partial charge on any atom is 0.258 e. The van der Waals surface area contributed by atoms with Crippen molar-refractivity contribution in [1.29, 1.82) is 0 Å². The van der Waals surface area contributed by atoms with E-state index < -0.39 is 0 Å². The predicted molar refractivity (Wildman–Crippen MR) is 65.8 cm³/mol. The largest absolute Gasteiger partial charge is 0.472 e. The molecule has 0 aliphatic heterocycles. The molecule has 1 N–H and O–H groups in total. The minimum absolute atomic E-state index is 0.239. The summed E-state index contributed by atoms with van der Waals surface area (Å²) in [5.41, 5.74) is 1.09. The van der Waals surface area contributed by atoms with Crippen LogP contribution in [-0.2, 0) is 0 Å². The van der Waals surface area contributed by atoms with Crippen LogP contribution in [0.25, 0.3) is 0 Å². The maximum atomic E-state index is 11.7. The summed E-state index contributed by atoms with van der Waals surface area (Å²) >= 11 is 9.16. The van der Waals surface area contributed by atoms with E-state index in [9.17, 15) is 4.79 Å². The average molecular weight is 301 g/mol. The monoisotopic (exact) mass is 299 g/mol. The van der Waals surface area contributed by atoms with E-state index in [0.29, 0.717) is 16.3 Å². The predicted octanol–water partition coefficient (Wildman–Crippen LogP) is 3.95. The molecule has 0 saturated carbocycles. The van der Waals surface area contributed by atoms with Crippen LogP contribution >= 0.6 is 27.5 Å². The minimum Gasteiger partial charge on any atom is -0.472 e. The van der Waals surface area contributed by atoms with Crippen molar-refractivity contribution in [3.8, 4) is 0 Å². The summed E-state index contributed by atoms with van der Waals surface area (Å²) in [4.78, 5) is 11.7. The summed E-state index contributed by atoms with van der Waals surface area (Å²) in [6, 6.07) is 6.77. The minimum atomic E-state index is -0.239. The van der Waals surface area contributed by atoms with E-state index in [1.54, 1.807) is 24.3 Å². The zero-order valence-corrected chi connectivity index (χ0v) is 10.4. The topological polar surface area (TPSA) is 42.2 Å². The first-order valence-electron chi connectivity index (χ1n) is 4.45. The van der Waals surface area contributed by atoms with Gasteiger partial charge in [0.25, 0.3) is 5.91 Å². The zero-order valence-electron chi connectivity index (χ0n) is 8.04. The van der Waals surface area contributed by atoms with Gasteiger partial charge in [-0.1, -0.05) is 11.6 Å². The van der Waals surface area contributed by atoms with Gasteiger partial charge in [-0.05, 0) is 40.2 Å². The molecule has 0 atom stereocenters. The molecule has 2 aromatic rings. The highest BCUT2D eigenvalue weighted by Crippen LogP contribution is 2.26. The molecule has 0 aliphatic carbocycles.